The summed E-state index contributed by atoms with van der Waals surface area (Å²) in [5, 5.41) is 0.993. The van der Waals surface area contributed by atoms with Crippen molar-refractivity contribution >= 4 is 17.4 Å². The van der Waals surface area contributed by atoms with E-state index in [0.29, 0.717) is 0 Å². The summed E-state index contributed by atoms with van der Waals surface area (Å²) in [5.74, 6) is 1.07. The highest BCUT2D eigenvalue weighted by atomic mass is 32.2. The fraction of sp³-hybridized carbons (Fsp3) is 0.250. The van der Waals surface area contributed by atoms with E-state index in [1.165, 1.54) is 5.56 Å². The van der Waals surface area contributed by atoms with Crippen molar-refractivity contribution in [1.82, 2.24) is 9.97 Å². The first-order valence-corrected chi connectivity index (χ1v) is 6.30. The Balaban J connectivity index is 1.72. The van der Waals surface area contributed by atoms with Gasteiger partial charge in [0.2, 0.25) is 0 Å². The third kappa shape index (κ3) is 3.31. The van der Waals surface area contributed by atoms with Gasteiger partial charge in [-0.05, 0) is 30.5 Å². The standard InChI is InChI=1S/C12H15N3S/c13-11-5-1-3-10(9-11)4-2-8-16-12-14-6-7-15-12/h1,3,5-7,9H,2,4,8,13H2,(H,14,15). The molecule has 0 bridgehead atoms. The van der Waals surface area contributed by atoms with Gasteiger partial charge in [0.1, 0.15) is 0 Å². The number of nitrogens with one attached hydrogen (secondary N) is 1. The Hall–Kier alpha value is -1.42. The van der Waals surface area contributed by atoms with Gasteiger partial charge in [-0.2, -0.15) is 0 Å². The highest BCUT2D eigenvalue weighted by Gasteiger charge is 1.97. The maximum absolute atomic E-state index is 5.72. The van der Waals surface area contributed by atoms with Crippen molar-refractivity contribution in [1.29, 1.82) is 0 Å². The van der Waals surface area contributed by atoms with Crippen molar-refractivity contribution in [3.05, 3.63) is 42.2 Å². The van der Waals surface area contributed by atoms with Gasteiger partial charge >= 0.3 is 0 Å². The number of hydrogen-bond acceptors (Lipinski definition) is 3. The number of imidazole rings is 1. The van der Waals surface area contributed by atoms with E-state index in [2.05, 4.69) is 16.0 Å². The highest BCUT2D eigenvalue weighted by molar-refractivity contribution is 7.99. The Morgan fingerprint density at radius 3 is 3.06 bits per heavy atom. The van der Waals surface area contributed by atoms with Crippen LogP contribution in [0.3, 0.4) is 0 Å². The minimum atomic E-state index is 0.844. The van der Waals surface area contributed by atoms with Crippen LogP contribution in [0.5, 0.6) is 0 Å². The van der Waals surface area contributed by atoms with Crippen molar-refractivity contribution in [2.24, 2.45) is 0 Å². The van der Waals surface area contributed by atoms with E-state index in [9.17, 15) is 0 Å². The summed E-state index contributed by atoms with van der Waals surface area (Å²) in [4.78, 5) is 7.24. The van der Waals surface area contributed by atoms with Gasteiger partial charge in [-0.3, -0.25) is 0 Å². The minimum Gasteiger partial charge on any atom is -0.399 e. The Morgan fingerprint density at radius 1 is 1.38 bits per heavy atom. The Kier molecular flexibility index (Phi) is 3.88. The largest absolute Gasteiger partial charge is 0.399 e. The number of nitrogen functional groups attached to an aromatic ring is 1. The van der Waals surface area contributed by atoms with Gasteiger partial charge in [0.05, 0.1) is 0 Å². The second-order valence-corrected chi connectivity index (χ2v) is 4.68. The average Bonchev–Trinajstić information content (AvgIpc) is 2.77. The number of aromatic amines is 1. The molecular weight excluding hydrogens is 218 g/mol. The second-order valence-electron chi connectivity index (χ2n) is 3.59. The fourth-order valence-corrected chi connectivity index (χ4v) is 2.29. The van der Waals surface area contributed by atoms with Crippen molar-refractivity contribution < 1.29 is 0 Å². The van der Waals surface area contributed by atoms with Gasteiger partial charge in [0.25, 0.3) is 0 Å². The number of nitrogens with two attached hydrogens (primary N) is 1. The van der Waals surface area contributed by atoms with Crippen LogP contribution >= 0.6 is 11.8 Å². The van der Waals surface area contributed by atoms with Crippen LogP contribution in [-0.2, 0) is 6.42 Å². The molecule has 0 aliphatic rings. The molecule has 0 radical (unpaired) electrons. The van der Waals surface area contributed by atoms with Crippen LogP contribution in [0.15, 0.2) is 41.8 Å². The molecule has 4 heteroatoms. The molecule has 0 atom stereocenters. The summed E-state index contributed by atoms with van der Waals surface area (Å²) < 4.78 is 0. The SMILES string of the molecule is Nc1cccc(CCCSc2ncc[nH]2)c1. The maximum atomic E-state index is 5.72. The van der Waals surface area contributed by atoms with E-state index in [4.69, 9.17) is 5.73 Å². The molecule has 0 spiro atoms. The van der Waals surface area contributed by atoms with E-state index >= 15 is 0 Å². The zero-order chi connectivity index (χ0) is 11.2. The third-order valence-corrected chi connectivity index (χ3v) is 3.26. The van der Waals surface area contributed by atoms with Crippen LogP contribution in [0.25, 0.3) is 0 Å². The molecule has 3 N–H and O–H groups in total. The Morgan fingerprint density at radius 2 is 2.31 bits per heavy atom. The number of H-pyrrole nitrogens is 1. The monoisotopic (exact) mass is 233 g/mol. The van der Waals surface area contributed by atoms with Gasteiger partial charge in [-0.25, -0.2) is 4.98 Å². The van der Waals surface area contributed by atoms with Crippen LogP contribution in [0, 0.1) is 0 Å². The van der Waals surface area contributed by atoms with Gasteiger partial charge in [-0.1, -0.05) is 23.9 Å². The van der Waals surface area contributed by atoms with E-state index in [1.807, 2.05) is 24.4 Å². The third-order valence-electron chi connectivity index (χ3n) is 2.27. The molecule has 1 heterocycles. The van der Waals surface area contributed by atoms with Gasteiger partial charge < -0.3 is 10.7 Å². The lowest BCUT2D eigenvalue weighted by Crippen LogP contribution is -1.91. The predicted molar refractivity (Wildman–Crippen MR) is 68.5 cm³/mol. The summed E-state index contributed by atoms with van der Waals surface area (Å²) in [6.07, 6.45) is 5.83. The first-order valence-electron chi connectivity index (χ1n) is 5.31. The van der Waals surface area contributed by atoms with Crippen molar-refractivity contribution in [3.63, 3.8) is 0 Å². The summed E-state index contributed by atoms with van der Waals surface area (Å²) in [6.45, 7) is 0. The zero-order valence-corrected chi connectivity index (χ0v) is 9.83. The van der Waals surface area contributed by atoms with Gasteiger partial charge in [-0.15, -0.1) is 0 Å². The van der Waals surface area contributed by atoms with Crippen molar-refractivity contribution in [2.75, 3.05) is 11.5 Å². The number of aromatic nitrogens is 2. The molecule has 1 aromatic heterocycles. The fourth-order valence-electron chi connectivity index (χ4n) is 1.52. The second kappa shape index (κ2) is 5.61. The molecule has 84 valence electrons. The summed E-state index contributed by atoms with van der Waals surface area (Å²) in [6, 6.07) is 8.08. The quantitative estimate of drug-likeness (QED) is 0.474. The molecular formula is C12H15N3S. The summed E-state index contributed by atoms with van der Waals surface area (Å²) in [5.41, 5.74) is 7.87. The van der Waals surface area contributed by atoms with Crippen LogP contribution in [0.1, 0.15) is 12.0 Å². The maximum Gasteiger partial charge on any atom is 0.165 e. The number of rotatable bonds is 5. The molecule has 0 saturated carbocycles. The van der Waals surface area contributed by atoms with Crippen molar-refractivity contribution in [2.45, 2.75) is 18.0 Å². The first-order chi connectivity index (χ1) is 7.84. The Bertz CT molecular complexity index is 426. The van der Waals surface area contributed by atoms with Gasteiger partial charge in [0, 0.05) is 23.8 Å². The lowest BCUT2D eigenvalue weighted by molar-refractivity contribution is 0.928. The molecule has 1 aromatic carbocycles. The molecule has 2 aromatic rings. The van der Waals surface area contributed by atoms with Crippen LogP contribution in [0.2, 0.25) is 0 Å². The van der Waals surface area contributed by atoms with E-state index in [-0.39, 0.29) is 0 Å². The molecule has 0 unspecified atom stereocenters. The van der Waals surface area contributed by atoms with Crippen LogP contribution < -0.4 is 5.73 Å². The predicted octanol–water partition coefficient (Wildman–Crippen LogP) is 2.72. The number of aryl methyl sites for hydroxylation is 1. The molecule has 0 fully saturated rings. The lowest BCUT2D eigenvalue weighted by Gasteiger charge is -2.01. The zero-order valence-electron chi connectivity index (χ0n) is 9.02. The smallest absolute Gasteiger partial charge is 0.165 e. The molecule has 0 aliphatic carbocycles. The first kappa shape index (κ1) is 11.1. The minimum absolute atomic E-state index is 0.844. The summed E-state index contributed by atoms with van der Waals surface area (Å²) in [7, 11) is 0. The number of anilines is 1. The molecule has 0 saturated heterocycles. The molecule has 16 heavy (non-hydrogen) atoms. The molecule has 2 rings (SSSR count). The van der Waals surface area contributed by atoms with Crippen molar-refractivity contribution in [3.8, 4) is 0 Å². The van der Waals surface area contributed by atoms with Crippen LogP contribution in [-0.4, -0.2) is 15.7 Å². The molecule has 0 amide bonds. The van der Waals surface area contributed by atoms with E-state index in [0.717, 1.165) is 29.4 Å². The van der Waals surface area contributed by atoms with E-state index < -0.39 is 0 Å². The normalized spacial score (nSPS) is 10.5. The summed E-state index contributed by atoms with van der Waals surface area (Å²) >= 11 is 1.75. The van der Waals surface area contributed by atoms with Crippen LogP contribution in [0.4, 0.5) is 5.69 Å². The number of nitrogens with zero attached hydrogens (tertiary/aromatic N) is 1. The van der Waals surface area contributed by atoms with E-state index in [1.54, 1.807) is 18.0 Å². The highest BCUT2D eigenvalue weighted by Crippen LogP contribution is 2.15. The Labute approximate surface area is 99.5 Å². The molecule has 0 aliphatic heterocycles. The van der Waals surface area contributed by atoms with Gasteiger partial charge in [0.15, 0.2) is 5.16 Å². The number of thioether (sulfide) groups is 1. The molecule has 3 nitrogen and oxygen atoms in total. The number of benzene rings is 1. The topological polar surface area (TPSA) is 54.7 Å². The average molecular weight is 233 g/mol. The lowest BCUT2D eigenvalue weighted by atomic mass is 10.1. The number of hydrogen-bond donors (Lipinski definition) is 2.